The number of ether oxygens (including phenoxy) is 1. The third-order valence-corrected chi connectivity index (χ3v) is 5.41. The summed E-state index contributed by atoms with van der Waals surface area (Å²) in [5.74, 6) is -0.236. The number of nitrogens with one attached hydrogen (secondary N) is 2. The van der Waals surface area contributed by atoms with Crippen LogP contribution in [0.1, 0.15) is 21.7 Å². The monoisotopic (exact) mass is 427 g/mol. The van der Waals surface area contributed by atoms with Gasteiger partial charge >= 0.3 is 6.03 Å². The Morgan fingerprint density at radius 2 is 2.13 bits per heavy atom. The molecule has 1 fully saturated rings. The lowest BCUT2D eigenvalue weighted by molar-refractivity contribution is -0.125. The van der Waals surface area contributed by atoms with E-state index in [0.29, 0.717) is 16.7 Å². The number of halogens is 1. The molecule has 10 nitrogen and oxygen atoms in total. The van der Waals surface area contributed by atoms with Crippen LogP contribution in [0.15, 0.2) is 34.9 Å². The van der Waals surface area contributed by atoms with Gasteiger partial charge in [0.25, 0.3) is 11.8 Å². The highest BCUT2D eigenvalue weighted by atomic mass is 35.5. The summed E-state index contributed by atoms with van der Waals surface area (Å²) in [6.07, 6.45) is 1.45. The second-order valence-electron chi connectivity index (χ2n) is 7.01. The molecule has 4 amide bonds. The van der Waals surface area contributed by atoms with Crippen molar-refractivity contribution in [3.8, 4) is 5.75 Å². The average molecular weight is 428 g/mol. The van der Waals surface area contributed by atoms with Crippen molar-refractivity contribution >= 4 is 40.5 Å². The van der Waals surface area contributed by atoms with Crippen LogP contribution in [0, 0.1) is 0 Å². The van der Waals surface area contributed by atoms with E-state index in [1.807, 2.05) is 0 Å². The fraction of sp³-hybridized carbons (Fsp3) is 0.211. The van der Waals surface area contributed by atoms with Gasteiger partial charge in [-0.05, 0) is 35.4 Å². The van der Waals surface area contributed by atoms with Crippen LogP contribution in [-0.2, 0) is 16.9 Å². The molecular weight excluding hydrogens is 414 g/mol. The number of carbonyl (C=O) groups excluding carboxylic acids is 3. The summed E-state index contributed by atoms with van der Waals surface area (Å²) < 4.78 is 10.9. The quantitative estimate of drug-likeness (QED) is 0.478. The van der Waals surface area contributed by atoms with Crippen LogP contribution in [0.2, 0.25) is 5.28 Å². The van der Waals surface area contributed by atoms with E-state index in [1.165, 1.54) is 18.2 Å². The smallest absolute Gasteiger partial charge is 0.322 e. The minimum Gasteiger partial charge on any atom is -0.497 e. The number of methoxy groups -OCH3 is 1. The first-order valence-electron chi connectivity index (χ1n) is 8.92. The van der Waals surface area contributed by atoms with Crippen molar-refractivity contribution < 1.29 is 23.5 Å². The van der Waals surface area contributed by atoms with Crippen LogP contribution in [0.25, 0.3) is 11.1 Å². The number of fused-ring (bicyclic) bond motifs is 2. The molecule has 30 heavy (non-hydrogen) atoms. The Morgan fingerprint density at radius 1 is 1.30 bits per heavy atom. The summed E-state index contributed by atoms with van der Waals surface area (Å²) in [5.41, 5.74) is -0.176. The third kappa shape index (κ3) is 2.68. The molecule has 4 heterocycles. The second kappa shape index (κ2) is 6.42. The SMILES string of the molecule is COc1ccc2c(c1)C(=O)N(C[C@@]1(c3cc4cnc(Cl)nc4o3)NC(=O)NC1=O)C2. The van der Waals surface area contributed by atoms with Gasteiger partial charge < -0.3 is 19.4 Å². The largest absolute Gasteiger partial charge is 0.497 e. The molecule has 0 aliphatic carbocycles. The number of hydrogen-bond donors (Lipinski definition) is 2. The molecule has 1 atom stereocenters. The lowest BCUT2D eigenvalue weighted by Gasteiger charge is -2.28. The highest BCUT2D eigenvalue weighted by molar-refractivity contribution is 6.28. The normalized spacial score (nSPS) is 20.5. The number of benzene rings is 1. The summed E-state index contributed by atoms with van der Waals surface area (Å²) >= 11 is 5.81. The fourth-order valence-electron chi connectivity index (χ4n) is 3.76. The first-order chi connectivity index (χ1) is 14.4. The molecule has 0 unspecified atom stereocenters. The molecule has 5 rings (SSSR count). The molecule has 0 bridgehead atoms. The molecule has 0 radical (unpaired) electrons. The Hall–Kier alpha value is -3.66. The van der Waals surface area contributed by atoms with Gasteiger partial charge in [-0.25, -0.2) is 9.78 Å². The Balaban J connectivity index is 1.55. The van der Waals surface area contributed by atoms with E-state index >= 15 is 0 Å². The second-order valence-corrected chi connectivity index (χ2v) is 7.35. The molecule has 11 heteroatoms. The summed E-state index contributed by atoms with van der Waals surface area (Å²) in [6, 6.07) is 6.07. The Labute approximate surface area is 174 Å². The standard InChI is InChI=1S/C19H14ClN5O5/c1-29-11-3-2-9-7-25(15(26)12(9)5-11)8-19(16(27)23-18(28)24-19)13-4-10-6-21-17(20)22-14(10)30-13/h2-6H,7-8H2,1H3,(H2,23,24,27,28)/t19-/m0/s1. The van der Waals surface area contributed by atoms with Gasteiger partial charge in [0.1, 0.15) is 11.5 Å². The molecule has 3 aromatic rings. The van der Waals surface area contributed by atoms with Crippen molar-refractivity contribution in [1.29, 1.82) is 0 Å². The summed E-state index contributed by atoms with van der Waals surface area (Å²) in [4.78, 5) is 47.2. The summed E-state index contributed by atoms with van der Waals surface area (Å²) in [6.45, 7) is 0.135. The first-order valence-corrected chi connectivity index (χ1v) is 9.30. The zero-order valence-electron chi connectivity index (χ0n) is 15.6. The van der Waals surface area contributed by atoms with Crippen LogP contribution >= 0.6 is 11.6 Å². The van der Waals surface area contributed by atoms with E-state index in [4.69, 9.17) is 20.8 Å². The van der Waals surface area contributed by atoms with E-state index < -0.39 is 17.5 Å². The lowest BCUT2D eigenvalue weighted by atomic mass is 9.95. The van der Waals surface area contributed by atoms with Crippen molar-refractivity contribution in [2.45, 2.75) is 12.1 Å². The molecular formula is C19H14ClN5O5. The van der Waals surface area contributed by atoms with E-state index in [-0.39, 0.29) is 35.8 Å². The Kier molecular flexibility index (Phi) is 3.93. The van der Waals surface area contributed by atoms with E-state index in [2.05, 4.69) is 20.6 Å². The topological polar surface area (TPSA) is 127 Å². The van der Waals surface area contributed by atoms with Gasteiger partial charge in [-0.15, -0.1) is 0 Å². The summed E-state index contributed by atoms with van der Waals surface area (Å²) in [7, 11) is 1.52. The zero-order valence-corrected chi connectivity index (χ0v) is 16.3. The van der Waals surface area contributed by atoms with Gasteiger partial charge in [-0.2, -0.15) is 4.98 Å². The molecule has 2 N–H and O–H groups in total. The highest BCUT2D eigenvalue weighted by Crippen LogP contribution is 2.34. The van der Waals surface area contributed by atoms with Gasteiger partial charge in [0, 0.05) is 18.3 Å². The van der Waals surface area contributed by atoms with Crippen molar-refractivity contribution in [3.05, 3.63) is 52.6 Å². The maximum absolute atomic E-state index is 13.0. The third-order valence-electron chi connectivity index (χ3n) is 5.23. The number of furan rings is 1. The lowest BCUT2D eigenvalue weighted by Crippen LogP contribution is -2.52. The molecule has 2 aliphatic rings. The molecule has 1 saturated heterocycles. The fourth-order valence-corrected chi connectivity index (χ4v) is 3.88. The van der Waals surface area contributed by atoms with Crippen molar-refractivity contribution in [2.24, 2.45) is 0 Å². The van der Waals surface area contributed by atoms with Gasteiger partial charge in [-0.3, -0.25) is 14.9 Å². The van der Waals surface area contributed by atoms with E-state index in [9.17, 15) is 14.4 Å². The Morgan fingerprint density at radius 3 is 2.87 bits per heavy atom. The molecule has 152 valence electrons. The van der Waals surface area contributed by atoms with Crippen LogP contribution in [0.4, 0.5) is 4.79 Å². The van der Waals surface area contributed by atoms with E-state index in [0.717, 1.165) is 5.56 Å². The first kappa shape index (κ1) is 18.4. The van der Waals surface area contributed by atoms with Crippen molar-refractivity contribution in [3.63, 3.8) is 0 Å². The number of aromatic nitrogens is 2. The number of amides is 4. The zero-order chi connectivity index (χ0) is 21.0. The van der Waals surface area contributed by atoms with Crippen LogP contribution in [0.5, 0.6) is 5.75 Å². The van der Waals surface area contributed by atoms with Gasteiger partial charge in [-0.1, -0.05) is 6.07 Å². The van der Waals surface area contributed by atoms with Gasteiger partial charge in [0.15, 0.2) is 5.54 Å². The minimum atomic E-state index is -1.62. The van der Waals surface area contributed by atoms with Crippen LogP contribution < -0.4 is 15.4 Å². The van der Waals surface area contributed by atoms with Crippen molar-refractivity contribution in [1.82, 2.24) is 25.5 Å². The van der Waals surface area contributed by atoms with Crippen LogP contribution in [-0.4, -0.2) is 46.4 Å². The maximum atomic E-state index is 13.0. The number of carbonyl (C=O) groups is 3. The number of nitrogens with zero attached hydrogens (tertiary/aromatic N) is 3. The van der Waals surface area contributed by atoms with Gasteiger partial charge in [0.2, 0.25) is 11.0 Å². The number of rotatable bonds is 4. The molecule has 2 aromatic heterocycles. The van der Waals surface area contributed by atoms with Crippen molar-refractivity contribution in [2.75, 3.05) is 13.7 Å². The number of imide groups is 1. The average Bonchev–Trinajstić information content (AvgIpc) is 3.36. The number of hydrogen-bond acceptors (Lipinski definition) is 7. The molecule has 1 aromatic carbocycles. The molecule has 0 saturated carbocycles. The number of urea groups is 1. The van der Waals surface area contributed by atoms with E-state index in [1.54, 1.807) is 24.3 Å². The molecule has 2 aliphatic heterocycles. The summed E-state index contributed by atoms with van der Waals surface area (Å²) in [5, 5.41) is 5.32. The van der Waals surface area contributed by atoms with Crippen LogP contribution in [0.3, 0.4) is 0 Å². The highest BCUT2D eigenvalue weighted by Gasteiger charge is 2.53. The molecule has 0 spiro atoms. The maximum Gasteiger partial charge on any atom is 0.322 e. The Bertz CT molecular complexity index is 1240. The van der Waals surface area contributed by atoms with Gasteiger partial charge in [0.05, 0.1) is 19.0 Å². The predicted molar refractivity (Wildman–Crippen MR) is 103 cm³/mol. The minimum absolute atomic E-state index is 0.0172. The predicted octanol–water partition coefficient (Wildman–Crippen LogP) is 1.58.